The number of aromatic nitrogens is 1. The van der Waals surface area contributed by atoms with Crippen molar-refractivity contribution in [1.82, 2.24) is 4.98 Å². The van der Waals surface area contributed by atoms with Crippen molar-refractivity contribution in [2.45, 2.75) is 11.8 Å². The van der Waals surface area contributed by atoms with E-state index in [4.69, 9.17) is 9.47 Å². The van der Waals surface area contributed by atoms with Gasteiger partial charge in [-0.15, -0.1) is 23.1 Å². The molecule has 184 valence electrons. The Bertz CT molecular complexity index is 1300. The molecule has 0 saturated carbocycles. The summed E-state index contributed by atoms with van der Waals surface area (Å²) in [5, 5.41) is 8.19. The van der Waals surface area contributed by atoms with E-state index in [-0.39, 0.29) is 17.6 Å². The van der Waals surface area contributed by atoms with Crippen molar-refractivity contribution in [1.29, 1.82) is 0 Å². The van der Waals surface area contributed by atoms with Crippen LogP contribution in [-0.4, -0.2) is 36.3 Å². The fraction of sp³-hybridized carbons (Fsp3) is 0.148. The number of hydrogen-bond acceptors (Lipinski definition) is 7. The molecule has 0 aliphatic heterocycles. The molecule has 0 bridgehead atoms. The van der Waals surface area contributed by atoms with Crippen LogP contribution in [0.15, 0.2) is 83.1 Å². The highest BCUT2D eigenvalue weighted by atomic mass is 32.2. The van der Waals surface area contributed by atoms with E-state index in [1.54, 1.807) is 31.4 Å². The van der Waals surface area contributed by atoms with Crippen molar-refractivity contribution in [2.75, 3.05) is 30.1 Å². The third kappa shape index (κ3) is 6.87. The Morgan fingerprint density at radius 1 is 0.917 bits per heavy atom. The SMILES string of the molecule is CCOc1ccc(-c2csc(NC(=O)CSc3ccc(NC(=O)c4ccc(OC)cc4)cc3)n2)cc1. The average molecular weight is 520 g/mol. The summed E-state index contributed by atoms with van der Waals surface area (Å²) in [7, 11) is 1.58. The van der Waals surface area contributed by atoms with Crippen LogP contribution in [0.1, 0.15) is 17.3 Å². The van der Waals surface area contributed by atoms with Crippen LogP contribution in [0.25, 0.3) is 11.3 Å². The molecule has 7 nitrogen and oxygen atoms in total. The van der Waals surface area contributed by atoms with E-state index in [1.807, 2.05) is 60.8 Å². The van der Waals surface area contributed by atoms with Crippen LogP contribution in [0.3, 0.4) is 0 Å². The van der Waals surface area contributed by atoms with Gasteiger partial charge in [0, 0.05) is 27.1 Å². The van der Waals surface area contributed by atoms with Crippen molar-refractivity contribution < 1.29 is 19.1 Å². The van der Waals surface area contributed by atoms with Crippen molar-refractivity contribution in [3.05, 3.63) is 83.7 Å². The average Bonchev–Trinajstić information content (AvgIpc) is 3.37. The second kappa shape index (κ2) is 12.2. The Hall–Kier alpha value is -3.82. The Labute approximate surface area is 217 Å². The molecule has 4 rings (SSSR count). The molecule has 0 aliphatic carbocycles. The van der Waals surface area contributed by atoms with Crippen molar-refractivity contribution in [3.63, 3.8) is 0 Å². The van der Waals surface area contributed by atoms with Gasteiger partial charge in [-0.3, -0.25) is 9.59 Å². The number of amides is 2. The summed E-state index contributed by atoms with van der Waals surface area (Å²) in [5.74, 6) is 1.42. The zero-order chi connectivity index (χ0) is 25.3. The number of carbonyl (C=O) groups is 2. The lowest BCUT2D eigenvalue weighted by atomic mass is 10.2. The molecule has 1 heterocycles. The molecule has 0 unspecified atom stereocenters. The van der Waals surface area contributed by atoms with Crippen LogP contribution in [0.2, 0.25) is 0 Å². The summed E-state index contributed by atoms with van der Waals surface area (Å²) in [6.07, 6.45) is 0. The molecule has 3 aromatic carbocycles. The molecular formula is C27H25N3O4S2. The number of thioether (sulfide) groups is 1. The summed E-state index contributed by atoms with van der Waals surface area (Å²) in [4.78, 5) is 30.2. The van der Waals surface area contributed by atoms with Crippen LogP contribution in [-0.2, 0) is 4.79 Å². The zero-order valence-electron chi connectivity index (χ0n) is 19.8. The number of ether oxygens (including phenoxy) is 2. The first-order chi connectivity index (χ1) is 17.5. The van der Waals surface area contributed by atoms with Gasteiger partial charge < -0.3 is 20.1 Å². The first kappa shape index (κ1) is 25.3. The number of hydrogen-bond donors (Lipinski definition) is 2. The lowest BCUT2D eigenvalue weighted by Crippen LogP contribution is -2.13. The first-order valence-electron chi connectivity index (χ1n) is 11.2. The van der Waals surface area contributed by atoms with E-state index in [1.165, 1.54) is 23.1 Å². The molecule has 0 spiro atoms. The van der Waals surface area contributed by atoms with Gasteiger partial charge in [-0.1, -0.05) is 0 Å². The predicted molar refractivity (Wildman–Crippen MR) is 145 cm³/mol. The Balaban J connectivity index is 1.25. The van der Waals surface area contributed by atoms with Gasteiger partial charge in [-0.2, -0.15) is 0 Å². The Morgan fingerprint density at radius 3 is 2.28 bits per heavy atom. The van der Waals surface area contributed by atoms with Gasteiger partial charge in [-0.25, -0.2) is 4.98 Å². The molecule has 2 amide bonds. The maximum atomic E-state index is 12.4. The number of methoxy groups -OCH3 is 1. The largest absolute Gasteiger partial charge is 0.497 e. The van der Waals surface area contributed by atoms with Crippen molar-refractivity contribution in [3.8, 4) is 22.8 Å². The van der Waals surface area contributed by atoms with E-state index in [0.29, 0.717) is 28.7 Å². The van der Waals surface area contributed by atoms with E-state index >= 15 is 0 Å². The van der Waals surface area contributed by atoms with Crippen LogP contribution in [0.4, 0.5) is 10.8 Å². The van der Waals surface area contributed by atoms with Crippen LogP contribution >= 0.6 is 23.1 Å². The molecule has 36 heavy (non-hydrogen) atoms. The summed E-state index contributed by atoms with van der Waals surface area (Å²) < 4.78 is 10.6. The lowest BCUT2D eigenvalue weighted by molar-refractivity contribution is -0.113. The number of benzene rings is 3. The second-order valence-corrected chi connectivity index (χ2v) is 9.45. The molecule has 0 aliphatic rings. The molecule has 2 N–H and O–H groups in total. The van der Waals surface area contributed by atoms with Crippen molar-refractivity contribution >= 4 is 45.7 Å². The lowest BCUT2D eigenvalue weighted by Gasteiger charge is -2.07. The fourth-order valence-corrected chi connectivity index (χ4v) is 4.67. The van der Waals surface area contributed by atoms with Gasteiger partial charge in [0.25, 0.3) is 5.91 Å². The number of thiazole rings is 1. The Kier molecular flexibility index (Phi) is 8.59. The van der Waals surface area contributed by atoms with Gasteiger partial charge in [0.1, 0.15) is 11.5 Å². The maximum absolute atomic E-state index is 12.4. The molecule has 0 fully saturated rings. The summed E-state index contributed by atoms with van der Waals surface area (Å²) in [5.41, 5.74) is 2.98. The molecule has 4 aromatic rings. The monoisotopic (exact) mass is 519 g/mol. The fourth-order valence-electron chi connectivity index (χ4n) is 3.24. The number of anilines is 2. The van der Waals surface area contributed by atoms with E-state index in [9.17, 15) is 9.59 Å². The molecule has 0 radical (unpaired) electrons. The summed E-state index contributed by atoms with van der Waals surface area (Å²) >= 11 is 2.80. The summed E-state index contributed by atoms with van der Waals surface area (Å²) in [6, 6.07) is 22.0. The second-order valence-electron chi connectivity index (χ2n) is 7.54. The van der Waals surface area contributed by atoms with E-state index in [2.05, 4.69) is 15.6 Å². The van der Waals surface area contributed by atoms with Crippen LogP contribution < -0.4 is 20.1 Å². The minimum Gasteiger partial charge on any atom is -0.497 e. The number of nitrogens with zero attached hydrogens (tertiary/aromatic N) is 1. The molecule has 0 saturated heterocycles. The molecular weight excluding hydrogens is 494 g/mol. The first-order valence-corrected chi connectivity index (χ1v) is 13.1. The highest BCUT2D eigenvalue weighted by molar-refractivity contribution is 8.00. The van der Waals surface area contributed by atoms with E-state index in [0.717, 1.165) is 21.9 Å². The van der Waals surface area contributed by atoms with Crippen LogP contribution in [0, 0.1) is 0 Å². The standard InChI is InChI=1S/C27H25N3O4S2/c1-3-34-22-12-4-18(5-13-22)24-16-36-27(29-24)30-25(31)17-35-23-14-8-20(9-15-23)28-26(32)19-6-10-21(33-2)11-7-19/h4-16H,3,17H2,1-2H3,(H,28,32)(H,29,30,31). The van der Waals surface area contributed by atoms with Crippen molar-refractivity contribution in [2.24, 2.45) is 0 Å². The number of nitrogens with one attached hydrogen (secondary N) is 2. The van der Waals surface area contributed by atoms with E-state index < -0.39 is 0 Å². The Morgan fingerprint density at radius 2 is 1.61 bits per heavy atom. The number of carbonyl (C=O) groups excluding carboxylic acids is 2. The predicted octanol–water partition coefficient (Wildman–Crippen LogP) is 6.20. The third-order valence-electron chi connectivity index (χ3n) is 5.05. The zero-order valence-corrected chi connectivity index (χ0v) is 21.4. The van der Waals surface area contributed by atoms with Crippen LogP contribution in [0.5, 0.6) is 11.5 Å². The minimum atomic E-state index is -0.203. The smallest absolute Gasteiger partial charge is 0.255 e. The highest BCUT2D eigenvalue weighted by Crippen LogP contribution is 2.27. The number of rotatable bonds is 10. The normalized spacial score (nSPS) is 10.5. The van der Waals surface area contributed by atoms with Gasteiger partial charge >= 0.3 is 0 Å². The quantitative estimate of drug-likeness (QED) is 0.243. The summed E-state index contributed by atoms with van der Waals surface area (Å²) in [6.45, 7) is 2.57. The third-order valence-corrected chi connectivity index (χ3v) is 6.82. The van der Waals surface area contributed by atoms with Gasteiger partial charge in [0.05, 0.1) is 25.2 Å². The topological polar surface area (TPSA) is 89.6 Å². The van der Waals surface area contributed by atoms with Gasteiger partial charge in [0.2, 0.25) is 5.91 Å². The highest BCUT2D eigenvalue weighted by Gasteiger charge is 2.10. The van der Waals surface area contributed by atoms with Gasteiger partial charge in [0.15, 0.2) is 5.13 Å². The minimum absolute atomic E-state index is 0.135. The molecule has 1 aromatic heterocycles. The molecule has 9 heteroatoms. The van der Waals surface area contributed by atoms with Gasteiger partial charge in [-0.05, 0) is 79.7 Å². The molecule has 0 atom stereocenters. The maximum Gasteiger partial charge on any atom is 0.255 e.